The first-order chi connectivity index (χ1) is 14.6. The summed E-state index contributed by atoms with van der Waals surface area (Å²) in [6.07, 6.45) is -0.605. The lowest BCUT2D eigenvalue weighted by Gasteiger charge is -2.11. The summed E-state index contributed by atoms with van der Waals surface area (Å²) in [6, 6.07) is 7.05. The SMILES string of the molecule is CCS(=O)(=O)c1ccc(-c2cccnc2)nc1-n1nc2cc(C(F)(F)F)ncc2c1Cl. The van der Waals surface area contributed by atoms with Crippen LogP contribution < -0.4 is 0 Å². The minimum absolute atomic E-state index is 0.0965. The summed E-state index contributed by atoms with van der Waals surface area (Å²) in [6.45, 7) is 1.47. The summed E-state index contributed by atoms with van der Waals surface area (Å²) in [4.78, 5) is 11.7. The van der Waals surface area contributed by atoms with Crippen LogP contribution in [0.5, 0.6) is 0 Å². The highest BCUT2D eigenvalue weighted by atomic mass is 35.5. The first kappa shape index (κ1) is 21.2. The molecule has 0 aliphatic rings. The van der Waals surface area contributed by atoms with Crippen molar-refractivity contribution in [1.82, 2.24) is 24.7 Å². The number of hydrogen-bond donors (Lipinski definition) is 0. The maximum Gasteiger partial charge on any atom is 0.433 e. The summed E-state index contributed by atoms with van der Waals surface area (Å²) < 4.78 is 65.4. The van der Waals surface area contributed by atoms with Crippen LogP contribution in [-0.2, 0) is 16.0 Å². The van der Waals surface area contributed by atoms with Gasteiger partial charge in [-0.05, 0) is 30.3 Å². The average Bonchev–Trinajstić information content (AvgIpc) is 3.09. The topological polar surface area (TPSA) is 90.6 Å². The van der Waals surface area contributed by atoms with E-state index in [4.69, 9.17) is 11.6 Å². The van der Waals surface area contributed by atoms with E-state index in [0.29, 0.717) is 11.3 Å². The Morgan fingerprint density at radius 1 is 1.16 bits per heavy atom. The maximum absolute atomic E-state index is 13.0. The second-order valence-corrected chi connectivity index (χ2v) is 9.06. The quantitative estimate of drug-likeness (QED) is 0.443. The summed E-state index contributed by atoms with van der Waals surface area (Å²) >= 11 is 6.35. The minimum Gasteiger partial charge on any atom is -0.264 e. The molecular weight excluding hydrogens is 455 g/mol. The van der Waals surface area contributed by atoms with Gasteiger partial charge >= 0.3 is 6.18 Å². The molecule has 4 aromatic heterocycles. The number of rotatable bonds is 4. The zero-order valence-corrected chi connectivity index (χ0v) is 17.4. The summed E-state index contributed by atoms with van der Waals surface area (Å²) in [5.74, 6) is -0.343. The van der Waals surface area contributed by atoms with E-state index in [9.17, 15) is 21.6 Å². The molecule has 0 amide bonds. The molecule has 0 bridgehead atoms. The Labute approximate surface area is 179 Å². The predicted octanol–water partition coefficient (Wildman–Crippen LogP) is 4.34. The van der Waals surface area contributed by atoms with Crippen molar-refractivity contribution in [3.05, 3.63) is 59.8 Å². The molecular formula is C19H13ClF3N5O2S. The number of nitrogens with zero attached hydrogens (tertiary/aromatic N) is 5. The first-order valence-corrected chi connectivity index (χ1v) is 10.9. The molecule has 7 nitrogen and oxygen atoms in total. The van der Waals surface area contributed by atoms with Gasteiger partial charge in [0.05, 0.1) is 22.3 Å². The molecule has 0 N–H and O–H groups in total. The molecule has 0 unspecified atom stereocenters. The normalized spacial score (nSPS) is 12.4. The van der Waals surface area contributed by atoms with Gasteiger partial charge in [0, 0.05) is 24.2 Å². The standard InChI is InChI=1S/C19H13ClF3N5O2S/c1-2-31(29,30)15-6-5-13(11-4-3-7-24-9-11)26-18(15)28-17(20)12-10-25-16(19(21,22)23)8-14(12)27-28/h3-10H,2H2,1H3. The second kappa shape index (κ2) is 7.57. The minimum atomic E-state index is -4.67. The van der Waals surface area contributed by atoms with E-state index in [0.717, 1.165) is 16.9 Å². The van der Waals surface area contributed by atoms with Crippen LogP contribution in [0.15, 0.2) is 53.8 Å². The lowest BCUT2D eigenvalue weighted by molar-refractivity contribution is -0.141. The third kappa shape index (κ3) is 3.86. The Kier molecular flexibility index (Phi) is 5.18. The van der Waals surface area contributed by atoms with Gasteiger partial charge in [-0.3, -0.25) is 9.97 Å². The molecule has 0 saturated carbocycles. The van der Waals surface area contributed by atoms with E-state index in [1.54, 1.807) is 24.5 Å². The monoisotopic (exact) mass is 467 g/mol. The molecule has 0 saturated heterocycles. The third-order valence-corrected chi connectivity index (χ3v) is 6.61. The second-order valence-electron chi connectivity index (χ2n) is 6.45. The summed E-state index contributed by atoms with van der Waals surface area (Å²) in [7, 11) is -3.75. The van der Waals surface area contributed by atoms with Gasteiger partial charge in [-0.1, -0.05) is 18.5 Å². The molecule has 0 radical (unpaired) electrons. The van der Waals surface area contributed by atoms with Crippen LogP contribution in [0.4, 0.5) is 13.2 Å². The van der Waals surface area contributed by atoms with E-state index in [2.05, 4.69) is 20.1 Å². The first-order valence-electron chi connectivity index (χ1n) is 8.88. The van der Waals surface area contributed by atoms with E-state index < -0.39 is 21.7 Å². The molecule has 0 aliphatic carbocycles. The number of fused-ring (bicyclic) bond motifs is 1. The van der Waals surface area contributed by atoms with Crippen molar-refractivity contribution < 1.29 is 21.6 Å². The van der Waals surface area contributed by atoms with Gasteiger partial charge in [0.15, 0.2) is 15.7 Å². The van der Waals surface area contributed by atoms with Crippen LogP contribution in [-0.4, -0.2) is 38.9 Å². The Morgan fingerprint density at radius 2 is 1.94 bits per heavy atom. The van der Waals surface area contributed by atoms with Gasteiger partial charge in [-0.15, -0.1) is 0 Å². The molecule has 4 rings (SSSR count). The smallest absolute Gasteiger partial charge is 0.264 e. The average molecular weight is 468 g/mol. The highest BCUT2D eigenvalue weighted by Crippen LogP contribution is 2.33. The van der Waals surface area contributed by atoms with Crippen LogP contribution >= 0.6 is 11.6 Å². The van der Waals surface area contributed by atoms with Crippen molar-refractivity contribution >= 4 is 32.3 Å². The van der Waals surface area contributed by atoms with Crippen molar-refractivity contribution in [3.8, 4) is 17.1 Å². The van der Waals surface area contributed by atoms with Gasteiger partial charge in [-0.2, -0.15) is 18.3 Å². The van der Waals surface area contributed by atoms with Crippen molar-refractivity contribution in [1.29, 1.82) is 0 Å². The highest BCUT2D eigenvalue weighted by Gasteiger charge is 2.33. The van der Waals surface area contributed by atoms with Crippen LogP contribution in [0, 0.1) is 0 Å². The zero-order valence-electron chi connectivity index (χ0n) is 15.8. The molecule has 0 aliphatic heterocycles. The molecule has 4 heterocycles. The molecule has 12 heteroatoms. The van der Waals surface area contributed by atoms with Crippen LogP contribution in [0.3, 0.4) is 0 Å². The molecule has 0 aromatic carbocycles. The molecule has 0 atom stereocenters. The number of sulfone groups is 1. The Bertz CT molecular complexity index is 1390. The Hall–Kier alpha value is -3.05. The van der Waals surface area contributed by atoms with Crippen molar-refractivity contribution in [2.45, 2.75) is 18.0 Å². The van der Waals surface area contributed by atoms with Crippen LogP contribution in [0.1, 0.15) is 12.6 Å². The lowest BCUT2D eigenvalue weighted by Crippen LogP contribution is -2.12. The zero-order chi connectivity index (χ0) is 22.4. The maximum atomic E-state index is 13.0. The fraction of sp³-hybridized carbons (Fsp3) is 0.158. The molecule has 4 aromatic rings. The fourth-order valence-corrected chi connectivity index (χ4v) is 4.17. The van der Waals surface area contributed by atoms with E-state index in [1.165, 1.54) is 19.1 Å². The predicted molar refractivity (Wildman–Crippen MR) is 108 cm³/mol. The van der Waals surface area contributed by atoms with Gasteiger partial charge in [0.25, 0.3) is 0 Å². The molecule has 0 spiro atoms. The largest absolute Gasteiger partial charge is 0.433 e. The Morgan fingerprint density at radius 3 is 2.58 bits per heavy atom. The number of alkyl halides is 3. The van der Waals surface area contributed by atoms with Crippen molar-refractivity contribution in [3.63, 3.8) is 0 Å². The number of hydrogen-bond acceptors (Lipinski definition) is 6. The summed E-state index contributed by atoms with van der Waals surface area (Å²) in [5.41, 5.74) is -0.235. The molecule has 31 heavy (non-hydrogen) atoms. The molecule has 160 valence electrons. The summed E-state index contributed by atoms with van der Waals surface area (Å²) in [5, 5.41) is 4.12. The van der Waals surface area contributed by atoms with Crippen LogP contribution in [0.2, 0.25) is 5.15 Å². The van der Waals surface area contributed by atoms with Crippen molar-refractivity contribution in [2.75, 3.05) is 5.75 Å². The van der Waals surface area contributed by atoms with Gasteiger partial charge < -0.3 is 0 Å². The number of halogens is 4. The number of pyridine rings is 3. The van der Waals surface area contributed by atoms with Crippen molar-refractivity contribution in [2.24, 2.45) is 0 Å². The molecule has 0 fully saturated rings. The lowest BCUT2D eigenvalue weighted by atomic mass is 10.2. The van der Waals surface area contributed by atoms with E-state index in [-0.39, 0.29) is 32.5 Å². The Balaban J connectivity index is 1.99. The third-order valence-electron chi connectivity index (χ3n) is 4.50. The fourth-order valence-electron chi connectivity index (χ4n) is 2.91. The van der Waals surface area contributed by atoms with E-state index in [1.807, 2.05) is 0 Å². The number of aromatic nitrogens is 5. The van der Waals surface area contributed by atoms with Gasteiger partial charge in [-0.25, -0.2) is 18.1 Å². The van der Waals surface area contributed by atoms with Gasteiger partial charge in [0.1, 0.15) is 15.7 Å². The highest BCUT2D eigenvalue weighted by molar-refractivity contribution is 7.91. The van der Waals surface area contributed by atoms with E-state index >= 15 is 0 Å². The van der Waals surface area contributed by atoms with Crippen LogP contribution in [0.25, 0.3) is 28.0 Å². The van der Waals surface area contributed by atoms with Gasteiger partial charge in [0.2, 0.25) is 0 Å².